The molecule has 74 valence electrons. The summed E-state index contributed by atoms with van der Waals surface area (Å²) in [4.78, 5) is 11.1. The van der Waals surface area contributed by atoms with E-state index in [-0.39, 0.29) is 5.91 Å². The predicted molar refractivity (Wildman–Crippen MR) is 58.8 cm³/mol. The highest BCUT2D eigenvalue weighted by Crippen LogP contribution is 2.01. The minimum Gasteiger partial charge on any atom is -0.356 e. The van der Waals surface area contributed by atoms with E-state index in [0.717, 1.165) is 5.56 Å². The van der Waals surface area contributed by atoms with Crippen molar-refractivity contribution in [3.05, 3.63) is 42.0 Å². The van der Waals surface area contributed by atoms with Gasteiger partial charge in [0.05, 0.1) is 0 Å². The molecule has 0 radical (unpaired) electrons. The summed E-state index contributed by atoms with van der Waals surface area (Å²) in [5, 5.41) is 2.74. The molecule has 2 nitrogen and oxygen atoms in total. The third-order valence-electron chi connectivity index (χ3n) is 1.79. The van der Waals surface area contributed by atoms with Gasteiger partial charge < -0.3 is 5.32 Å². The van der Waals surface area contributed by atoms with Crippen LogP contribution in [0.15, 0.2) is 36.4 Å². The molecule has 1 aromatic carbocycles. The number of amides is 1. The Morgan fingerprint density at radius 1 is 1.36 bits per heavy atom. The molecule has 0 saturated heterocycles. The van der Waals surface area contributed by atoms with Crippen molar-refractivity contribution >= 4 is 12.0 Å². The molecule has 0 bridgehead atoms. The summed E-state index contributed by atoms with van der Waals surface area (Å²) in [5.41, 5.74) is 1.12. The molecule has 0 atom stereocenters. The topological polar surface area (TPSA) is 29.1 Å². The number of carbonyl (C=O) groups excluding carboxylic acids is 1. The Bertz CT molecular complexity index is 303. The Morgan fingerprint density at radius 3 is 2.71 bits per heavy atom. The third kappa shape index (κ3) is 3.90. The average Bonchev–Trinajstić information content (AvgIpc) is 2.20. The van der Waals surface area contributed by atoms with Gasteiger partial charge in [-0.1, -0.05) is 42.5 Å². The lowest BCUT2D eigenvalue weighted by Gasteiger charge is -1.96. The van der Waals surface area contributed by atoms with Crippen molar-refractivity contribution < 1.29 is 4.79 Å². The van der Waals surface area contributed by atoms with Crippen LogP contribution in [-0.4, -0.2) is 12.5 Å². The second kappa shape index (κ2) is 5.97. The van der Waals surface area contributed by atoms with Crippen molar-refractivity contribution in [1.82, 2.24) is 5.32 Å². The van der Waals surface area contributed by atoms with Crippen LogP contribution < -0.4 is 5.32 Å². The normalized spacial score (nSPS) is 10.4. The van der Waals surface area contributed by atoms with Crippen LogP contribution in [0.5, 0.6) is 0 Å². The summed E-state index contributed by atoms with van der Waals surface area (Å²) >= 11 is 0. The quantitative estimate of drug-likeness (QED) is 0.773. The zero-order valence-corrected chi connectivity index (χ0v) is 8.36. The minimum absolute atomic E-state index is 0.0691. The van der Waals surface area contributed by atoms with Crippen LogP contribution in [0, 0.1) is 0 Å². The van der Waals surface area contributed by atoms with Gasteiger partial charge in [-0.15, -0.1) is 0 Å². The van der Waals surface area contributed by atoms with Crippen molar-refractivity contribution in [2.75, 3.05) is 6.54 Å². The number of hydrogen-bond acceptors (Lipinski definition) is 1. The molecule has 0 aliphatic heterocycles. The third-order valence-corrected chi connectivity index (χ3v) is 1.79. The lowest BCUT2D eigenvalue weighted by Crippen LogP contribution is -2.21. The maximum atomic E-state index is 11.1. The van der Waals surface area contributed by atoms with Gasteiger partial charge in [-0.3, -0.25) is 4.79 Å². The fourth-order valence-electron chi connectivity index (χ4n) is 1.14. The van der Waals surface area contributed by atoms with Gasteiger partial charge in [0.25, 0.3) is 0 Å². The molecule has 0 unspecified atom stereocenters. The van der Waals surface area contributed by atoms with Crippen molar-refractivity contribution in [2.24, 2.45) is 0 Å². The molecule has 1 N–H and O–H groups in total. The van der Waals surface area contributed by atoms with Crippen LogP contribution >= 0.6 is 0 Å². The Morgan fingerprint density at radius 2 is 2.07 bits per heavy atom. The van der Waals surface area contributed by atoms with Crippen LogP contribution in [0.1, 0.15) is 18.9 Å². The van der Waals surface area contributed by atoms with Gasteiger partial charge in [-0.2, -0.15) is 0 Å². The Balaban J connectivity index is 2.38. The smallest absolute Gasteiger partial charge is 0.223 e. The maximum Gasteiger partial charge on any atom is 0.223 e. The Hall–Kier alpha value is -1.57. The van der Waals surface area contributed by atoms with Crippen molar-refractivity contribution in [3.8, 4) is 0 Å². The summed E-state index contributed by atoms with van der Waals surface area (Å²) in [6.07, 6.45) is 4.28. The molecule has 1 amide bonds. The van der Waals surface area contributed by atoms with Crippen molar-refractivity contribution in [3.63, 3.8) is 0 Å². The van der Waals surface area contributed by atoms with Gasteiger partial charge in [0.1, 0.15) is 0 Å². The van der Waals surface area contributed by atoms with E-state index in [1.807, 2.05) is 49.4 Å². The SMILES string of the molecule is CCNC(=O)C/C=C/c1ccccc1. The van der Waals surface area contributed by atoms with Gasteiger partial charge in [0, 0.05) is 13.0 Å². The van der Waals surface area contributed by atoms with Gasteiger partial charge in [-0.05, 0) is 12.5 Å². The molecule has 1 aromatic rings. The molecule has 0 aliphatic rings. The maximum absolute atomic E-state index is 11.1. The van der Waals surface area contributed by atoms with Gasteiger partial charge in [-0.25, -0.2) is 0 Å². The van der Waals surface area contributed by atoms with Gasteiger partial charge in [0.2, 0.25) is 5.91 Å². The standard InChI is InChI=1S/C12H15NO/c1-2-13-12(14)10-6-9-11-7-4-3-5-8-11/h3-9H,2,10H2,1H3,(H,13,14)/b9-6+. The first-order chi connectivity index (χ1) is 6.83. The Labute approximate surface area is 84.6 Å². The van der Waals surface area contributed by atoms with Gasteiger partial charge in [0.15, 0.2) is 0 Å². The predicted octanol–water partition coefficient (Wildman–Crippen LogP) is 2.23. The van der Waals surface area contributed by atoms with E-state index in [1.54, 1.807) is 0 Å². The molecule has 0 heterocycles. The number of hydrogen-bond donors (Lipinski definition) is 1. The zero-order valence-electron chi connectivity index (χ0n) is 8.36. The second-order valence-corrected chi connectivity index (χ2v) is 2.97. The van der Waals surface area contributed by atoms with Crippen molar-refractivity contribution in [1.29, 1.82) is 0 Å². The molecular formula is C12H15NO. The number of benzene rings is 1. The molecule has 0 aliphatic carbocycles. The Kier molecular flexibility index (Phi) is 4.48. The highest BCUT2D eigenvalue weighted by Gasteiger charge is 1.93. The first-order valence-corrected chi connectivity index (χ1v) is 4.81. The minimum atomic E-state index is 0.0691. The fraction of sp³-hybridized carbons (Fsp3) is 0.250. The van der Waals surface area contributed by atoms with Crippen LogP contribution in [0.25, 0.3) is 6.08 Å². The number of nitrogens with one attached hydrogen (secondary N) is 1. The van der Waals surface area contributed by atoms with Crippen LogP contribution in [0.3, 0.4) is 0 Å². The first kappa shape index (κ1) is 10.5. The van der Waals surface area contributed by atoms with E-state index in [2.05, 4.69) is 5.32 Å². The summed E-state index contributed by atoms with van der Waals surface area (Å²) in [7, 11) is 0. The van der Waals surface area contributed by atoms with E-state index < -0.39 is 0 Å². The van der Waals surface area contributed by atoms with Crippen LogP contribution in [0.2, 0.25) is 0 Å². The number of carbonyl (C=O) groups is 1. The van der Waals surface area contributed by atoms with E-state index in [4.69, 9.17) is 0 Å². The number of rotatable bonds is 4. The summed E-state index contributed by atoms with van der Waals surface area (Å²) in [6.45, 7) is 2.61. The van der Waals surface area contributed by atoms with Crippen LogP contribution in [0.4, 0.5) is 0 Å². The lowest BCUT2D eigenvalue weighted by atomic mass is 10.2. The molecule has 0 aromatic heterocycles. The molecule has 1 rings (SSSR count). The van der Waals surface area contributed by atoms with E-state index in [0.29, 0.717) is 13.0 Å². The van der Waals surface area contributed by atoms with E-state index in [1.165, 1.54) is 0 Å². The average molecular weight is 189 g/mol. The van der Waals surface area contributed by atoms with Crippen LogP contribution in [-0.2, 0) is 4.79 Å². The molecule has 0 saturated carbocycles. The van der Waals surface area contributed by atoms with Crippen molar-refractivity contribution in [2.45, 2.75) is 13.3 Å². The molecule has 0 fully saturated rings. The summed E-state index contributed by atoms with van der Waals surface area (Å²) in [5.74, 6) is 0.0691. The van der Waals surface area contributed by atoms with E-state index >= 15 is 0 Å². The summed E-state index contributed by atoms with van der Waals surface area (Å²) in [6, 6.07) is 9.95. The first-order valence-electron chi connectivity index (χ1n) is 4.81. The zero-order chi connectivity index (χ0) is 10.2. The highest BCUT2D eigenvalue weighted by atomic mass is 16.1. The summed E-state index contributed by atoms with van der Waals surface area (Å²) < 4.78 is 0. The molecule has 14 heavy (non-hydrogen) atoms. The highest BCUT2D eigenvalue weighted by molar-refractivity contribution is 5.78. The van der Waals surface area contributed by atoms with Gasteiger partial charge >= 0.3 is 0 Å². The van der Waals surface area contributed by atoms with E-state index in [9.17, 15) is 4.79 Å². The lowest BCUT2D eigenvalue weighted by molar-refractivity contribution is -0.120. The molecule has 2 heteroatoms. The fourth-order valence-corrected chi connectivity index (χ4v) is 1.14. The monoisotopic (exact) mass is 189 g/mol. The largest absolute Gasteiger partial charge is 0.356 e. The molecular weight excluding hydrogens is 174 g/mol. The second-order valence-electron chi connectivity index (χ2n) is 2.97. The molecule has 0 spiro atoms.